The third-order valence-electron chi connectivity index (χ3n) is 3.45. The summed E-state index contributed by atoms with van der Waals surface area (Å²) in [5.74, 6) is -0.402. The fraction of sp³-hybridized carbons (Fsp3) is 0.429. The Morgan fingerprint density at radius 3 is 2.74 bits per heavy atom. The molecule has 1 aliphatic rings. The minimum atomic E-state index is -0.422. The molecule has 1 aliphatic heterocycles. The first kappa shape index (κ1) is 14.8. The number of nitrogens with zero attached hydrogens (tertiary/aromatic N) is 1. The number of rotatable bonds is 3. The second-order valence-electron chi connectivity index (χ2n) is 4.80. The van der Waals surface area contributed by atoms with Crippen molar-refractivity contribution in [2.24, 2.45) is 5.92 Å². The number of carbonyl (C=O) groups excluding carboxylic acids is 2. The van der Waals surface area contributed by atoms with Crippen LogP contribution in [0.25, 0.3) is 0 Å². The van der Waals surface area contributed by atoms with E-state index in [1.807, 2.05) is 19.1 Å². The molecule has 1 atom stereocenters. The van der Waals surface area contributed by atoms with Gasteiger partial charge in [-0.1, -0.05) is 6.92 Å². The molecule has 1 heterocycles. The molecule has 0 radical (unpaired) electrons. The van der Waals surface area contributed by atoms with E-state index in [2.05, 4.69) is 29.5 Å². The van der Waals surface area contributed by atoms with Crippen LogP contribution >= 0.6 is 34.2 Å². The minimum absolute atomic E-state index is 0.0262. The van der Waals surface area contributed by atoms with Crippen molar-refractivity contribution < 1.29 is 9.59 Å². The van der Waals surface area contributed by atoms with E-state index in [9.17, 15) is 9.59 Å². The highest BCUT2D eigenvalue weighted by Crippen LogP contribution is 2.30. The molecule has 1 saturated heterocycles. The Balaban J connectivity index is 2.35. The monoisotopic (exact) mass is 391 g/mol. The van der Waals surface area contributed by atoms with E-state index >= 15 is 0 Å². The van der Waals surface area contributed by atoms with Crippen molar-refractivity contribution in [3.63, 3.8) is 0 Å². The maximum absolute atomic E-state index is 12.0. The molecular formula is C14H15ClINO2. The van der Waals surface area contributed by atoms with Gasteiger partial charge in [-0.25, -0.2) is 0 Å². The van der Waals surface area contributed by atoms with Gasteiger partial charge >= 0.3 is 0 Å². The zero-order chi connectivity index (χ0) is 14.2. The van der Waals surface area contributed by atoms with Crippen LogP contribution in [0.2, 0.25) is 0 Å². The van der Waals surface area contributed by atoms with Crippen molar-refractivity contribution in [1.29, 1.82) is 0 Å². The third kappa shape index (κ3) is 2.94. The van der Waals surface area contributed by atoms with Gasteiger partial charge in [-0.3, -0.25) is 9.59 Å². The lowest BCUT2D eigenvalue weighted by Gasteiger charge is -2.19. The molecule has 1 aromatic rings. The number of hydrogen-bond acceptors (Lipinski definition) is 2. The predicted octanol–water partition coefficient (Wildman–Crippen LogP) is 3.28. The standard InChI is InChI=1S/C14H15ClINO2/c1-3-9-5-11(4-8(2)13(9)16)17-7-10(14(15)19)6-12(17)18/h4-5,10H,3,6-7H2,1-2H3. The van der Waals surface area contributed by atoms with Crippen molar-refractivity contribution in [1.82, 2.24) is 0 Å². The summed E-state index contributed by atoms with van der Waals surface area (Å²) in [4.78, 5) is 24.9. The Morgan fingerprint density at radius 1 is 1.53 bits per heavy atom. The molecule has 0 saturated carbocycles. The third-order valence-corrected chi connectivity index (χ3v) is 5.31. The minimum Gasteiger partial charge on any atom is -0.312 e. The maximum atomic E-state index is 12.0. The van der Waals surface area contributed by atoms with Crippen LogP contribution in [0.5, 0.6) is 0 Å². The van der Waals surface area contributed by atoms with Crippen molar-refractivity contribution in [3.05, 3.63) is 26.8 Å². The largest absolute Gasteiger partial charge is 0.312 e. The van der Waals surface area contributed by atoms with Gasteiger partial charge in [0.2, 0.25) is 11.1 Å². The second kappa shape index (κ2) is 5.79. The Kier molecular flexibility index (Phi) is 4.50. The Labute approximate surface area is 131 Å². The van der Waals surface area contributed by atoms with Gasteiger partial charge < -0.3 is 4.90 Å². The number of carbonyl (C=O) groups is 2. The number of hydrogen-bond donors (Lipinski definition) is 0. The first-order chi connectivity index (χ1) is 8.93. The number of halogens is 2. The van der Waals surface area contributed by atoms with Gasteiger partial charge in [0.15, 0.2) is 0 Å². The van der Waals surface area contributed by atoms with E-state index in [0.717, 1.165) is 17.7 Å². The van der Waals surface area contributed by atoms with E-state index < -0.39 is 5.24 Å². The normalized spacial score (nSPS) is 19.1. The molecule has 5 heteroatoms. The molecule has 19 heavy (non-hydrogen) atoms. The van der Waals surface area contributed by atoms with Gasteiger partial charge in [-0.15, -0.1) is 0 Å². The topological polar surface area (TPSA) is 37.4 Å². The smallest absolute Gasteiger partial charge is 0.227 e. The maximum Gasteiger partial charge on any atom is 0.227 e. The first-order valence-corrected chi connectivity index (χ1v) is 7.68. The molecule has 0 aromatic heterocycles. The molecule has 102 valence electrons. The molecule has 1 amide bonds. The van der Waals surface area contributed by atoms with Gasteiger partial charge in [-0.05, 0) is 70.8 Å². The molecule has 3 nitrogen and oxygen atoms in total. The molecule has 0 N–H and O–H groups in total. The lowest BCUT2D eigenvalue weighted by molar-refractivity contribution is -0.120. The van der Waals surface area contributed by atoms with Gasteiger partial charge in [0.25, 0.3) is 0 Å². The Bertz CT molecular complexity index is 544. The second-order valence-corrected chi connectivity index (χ2v) is 6.25. The Morgan fingerprint density at radius 2 is 2.21 bits per heavy atom. The fourth-order valence-corrected chi connectivity index (χ4v) is 3.18. The van der Waals surface area contributed by atoms with Crippen LogP contribution in [0.1, 0.15) is 24.5 Å². The van der Waals surface area contributed by atoms with Crippen LogP contribution < -0.4 is 4.90 Å². The average Bonchev–Trinajstić information content (AvgIpc) is 2.75. The summed E-state index contributed by atoms with van der Waals surface area (Å²) in [6, 6.07) is 4.04. The molecule has 1 fully saturated rings. The lowest BCUT2D eigenvalue weighted by Crippen LogP contribution is -2.25. The predicted molar refractivity (Wildman–Crippen MR) is 84.6 cm³/mol. The molecular weight excluding hydrogens is 377 g/mol. The van der Waals surface area contributed by atoms with E-state index in [0.29, 0.717) is 6.54 Å². The van der Waals surface area contributed by atoms with E-state index in [1.165, 1.54) is 9.13 Å². The van der Waals surface area contributed by atoms with Crippen LogP contribution in [-0.2, 0) is 16.0 Å². The van der Waals surface area contributed by atoms with Crippen LogP contribution in [-0.4, -0.2) is 17.7 Å². The van der Waals surface area contributed by atoms with Crippen molar-refractivity contribution in [2.75, 3.05) is 11.4 Å². The number of anilines is 1. The van der Waals surface area contributed by atoms with Crippen molar-refractivity contribution in [2.45, 2.75) is 26.7 Å². The Hall–Kier alpha value is -0.620. The number of aryl methyl sites for hydroxylation is 2. The van der Waals surface area contributed by atoms with E-state index in [4.69, 9.17) is 11.6 Å². The zero-order valence-electron chi connectivity index (χ0n) is 10.9. The fourth-order valence-electron chi connectivity index (χ4n) is 2.34. The van der Waals surface area contributed by atoms with Gasteiger partial charge in [0.1, 0.15) is 0 Å². The molecule has 0 aliphatic carbocycles. The summed E-state index contributed by atoms with van der Waals surface area (Å²) in [6.07, 6.45) is 1.14. The van der Waals surface area contributed by atoms with Gasteiger partial charge in [-0.2, -0.15) is 0 Å². The quantitative estimate of drug-likeness (QED) is 0.586. The lowest BCUT2D eigenvalue weighted by atomic mass is 10.1. The number of amides is 1. The SMILES string of the molecule is CCc1cc(N2CC(C(=O)Cl)CC2=O)cc(C)c1I. The average molecular weight is 392 g/mol. The zero-order valence-corrected chi connectivity index (χ0v) is 13.8. The van der Waals surface area contributed by atoms with Crippen LogP contribution in [0.15, 0.2) is 12.1 Å². The summed E-state index contributed by atoms with van der Waals surface area (Å²) in [5.41, 5.74) is 3.26. The van der Waals surface area contributed by atoms with E-state index in [-0.39, 0.29) is 18.2 Å². The highest BCUT2D eigenvalue weighted by atomic mass is 127. The molecule has 0 bridgehead atoms. The van der Waals surface area contributed by atoms with Crippen LogP contribution in [0.4, 0.5) is 5.69 Å². The summed E-state index contributed by atoms with van der Waals surface area (Å²) >= 11 is 7.82. The van der Waals surface area contributed by atoms with Crippen molar-refractivity contribution in [3.8, 4) is 0 Å². The molecule has 2 rings (SSSR count). The summed E-state index contributed by atoms with van der Waals surface area (Å²) in [6.45, 7) is 4.52. The van der Waals surface area contributed by atoms with Crippen LogP contribution in [0, 0.1) is 16.4 Å². The van der Waals surface area contributed by atoms with Crippen LogP contribution in [0.3, 0.4) is 0 Å². The van der Waals surface area contributed by atoms with E-state index in [1.54, 1.807) is 4.90 Å². The number of benzene rings is 1. The summed E-state index contributed by atoms with van der Waals surface area (Å²) in [5, 5.41) is -0.422. The van der Waals surface area contributed by atoms with Crippen molar-refractivity contribution >= 4 is 51.0 Å². The van der Waals surface area contributed by atoms with Gasteiger partial charge in [0, 0.05) is 22.2 Å². The van der Waals surface area contributed by atoms with Gasteiger partial charge in [0.05, 0.1) is 5.92 Å². The summed E-state index contributed by atoms with van der Waals surface area (Å²) in [7, 11) is 0. The first-order valence-electron chi connectivity index (χ1n) is 6.22. The molecule has 1 aromatic carbocycles. The molecule has 0 spiro atoms. The molecule has 1 unspecified atom stereocenters. The highest BCUT2D eigenvalue weighted by molar-refractivity contribution is 14.1. The highest BCUT2D eigenvalue weighted by Gasteiger charge is 2.34. The summed E-state index contributed by atoms with van der Waals surface area (Å²) < 4.78 is 1.24.